The van der Waals surface area contributed by atoms with Gasteiger partial charge in [-0.15, -0.1) is 0 Å². The number of benzene rings is 1. The number of halogens is 3. The number of hydrogen-bond donors (Lipinski definition) is 1. The van der Waals surface area contributed by atoms with Crippen molar-refractivity contribution in [3.8, 4) is 11.3 Å². The van der Waals surface area contributed by atoms with Crippen LogP contribution in [0, 0.1) is 11.2 Å². The molecular formula is C23H29F2IN2. The van der Waals surface area contributed by atoms with Crippen LogP contribution in [0.5, 0.6) is 0 Å². The van der Waals surface area contributed by atoms with Crippen LogP contribution in [0.15, 0.2) is 54.4 Å². The van der Waals surface area contributed by atoms with Crippen LogP contribution in [0.1, 0.15) is 53.0 Å². The third-order valence-corrected chi connectivity index (χ3v) is 5.19. The van der Waals surface area contributed by atoms with Crippen LogP contribution in [0.25, 0.3) is 11.3 Å². The van der Waals surface area contributed by atoms with Crippen molar-refractivity contribution in [3.05, 3.63) is 65.7 Å². The monoisotopic (exact) mass is 498 g/mol. The average Bonchev–Trinajstić information content (AvgIpc) is 2.59. The van der Waals surface area contributed by atoms with Crippen molar-refractivity contribution in [2.24, 2.45) is 5.41 Å². The van der Waals surface area contributed by atoms with Gasteiger partial charge in [0, 0.05) is 12.0 Å². The predicted octanol–water partition coefficient (Wildman–Crippen LogP) is 7.15. The van der Waals surface area contributed by atoms with E-state index >= 15 is 4.39 Å². The number of pyridine rings is 1. The van der Waals surface area contributed by atoms with E-state index in [0.29, 0.717) is 17.7 Å². The van der Waals surface area contributed by atoms with Gasteiger partial charge in [0.15, 0.2) is 0 Å². The van der Waals surface area contributed by atoms with Gasteiger partial charge in [0.1, 0.15) is 11.5 Å². The smallest absolute Gasteiger partial charge is 0.141 e. The van der Waals surface area contributed by atoms with Gasteiger partial charge in [-0.05, 0) is 49.6 Å². The van der Waals surface area contributed by atoms with Gasteiger partial charge in [0.2, 0.25) is 0 Å². The Labute approximate surface area is 181 Å². The molecule has 0 aliphatic carbocycles. The van der Waals surface area contributed by atoms with Crippen LogP contribution in [-0.2, 0) is 5.67 Å². The highest BCUT2D eigenvalue weighted by Gasteiger charge is 2.28. The molecule has 0 aliphatic rings. The lowest BCUT2D eigenvalue weighted by Gasteiger charge is -2.25. The number of alkyl halides is 2. The lowest BCUT2D eigenvalue weighted by molar-refractivity contribution is 0.175. The van der Waals surface area contributed by atoms with Crippen LogP contribution in [-0.4, -0.2) is 9.03 Å². The summed E-state index contributed by atoms with van der Waals surface area (Å²) in [4.78, 5) is 4.07. The molecule has 0 bridgehead atoms. The fourth-order valence-corrected chi connectivity index (χ4v) is 4.18. The minimum absolute atomic E-state index is 0.0269. The number of aromatic nitrogens is 1. The van der Waals surface area contributed by atoms with Crippen LogP contribution in [0.3, 0.4) is 0 Å². The molecule has 5 heteroatoms. The molecule has 2 unspecified atom stereocenters. The van der Waals surface area contributed by atoms with E-state index in [2.05, 4.69) is 60.6 Å². The molecule has 1 aromatic heterocycles. The maximum atomic E-state index is 15.3. The summed E-state index contributed by atoms with van der Waals surface area (Å²) in [6.07, 6.45) is 4.53. The molecule has 0 aliphatic heterocycles. The number of nitrogens with zero attached hydrogens (tertiary/aromatic N) is 1. The molecule has 28 heavy (non-hydrogen) atoms. The van der Waals surface area contributed by atoms with E-state index in [0.717, 1.165) is 12.0 Å². The molecule has 0 amide bonds. The van der Waals surface area contributed by atoms with E-state index in [-0.39, 0.29) is 15.3 Å². The van der Waals surface area contributed by atoms with Gasteiger partial charge < -0.3 is 5.32 Å². The van der Waals surface area contributed by atoms with Crippen molar-refractivity contribution in [1.82, 2.24) is 10.3 Å². The van der Waals surface area contributed by atoms with Crippen LogP contribution < -0.4 is 5.32 Å². The van der Waals surface area contributed by atoms with Crippen LogP contribution in [0.2, 0.25) is 0 Å². The Balaban J connectivity index is 2.01. The maximum absolute atomic E-state index is 15.3. The molecule has 0 radical (unpaired) electrons. The Hall–Kier alpha value is -1.50. The van der Waals surface area contributed by atoms with E-state index < -0.39 is 5.67 Å². The Morgan fingerprint density at radius 1 is 1.14 bits per heavy atom. The second kappa shape index (κ2) is 9.33. The number of allylic oxidation sites excluding steroid dienone is 1. The third kappa shape index (κ3) is 7.15. The van der Waals surface area contributed by atoms with Crippen molar-refractivity contribution in [2.45, 2.75) is 57.2 Å². The number of rotatable bonds is 7. The molecule has 0 fully saturated rings. The Bertz CT molecular complexity index is 791. The lowest BCUT2D eigenvalue weighted by Crippen LogP contribution is -2.27. The number of hydrogen-bond acceptors (Lipinski definition) is 2. The van der Waals surface area contributed by atoms with Gasteiger partial charge in [0.25, 0.3) is 0 Å². The zero-order valence-electron chi connectivity index (χ0n) is 17.2. The molecule has 0 spiro atoms. The quantitative estimate of drug-likeness (QED) is 0.249. The number of nitrogens with one attached hydrogen (secondary N) is 1. The minimum atomic E-state index is -1.46. The van der Waals surface area contributed by atoms with E-state index in [1.807, 2.05) is 18.3 Å². The van der Waals surface area contributed by atoms with Crippen molar-refractivity contribution in [3.63, 3.8) is 0 Å². The highest BCUT2D eigenvalue weighted by atomic mass is 127. The first kappa shape index (κ1) is 22.8. The van der Waals surface area contributed by atoms with Crippen LogP contribution >= 0.6 is 22.6 Å². The van der Waals surface area contributed by atoms with Crippen molar-refractivity contribution < 1.29 is 8.78 Å². The Morgan fingerprint density at radius 3 is 2.32 bits per heavy atom. The summed E-state index contributed by atoms with van der Waals surface area (Å²) in [6.45, 7) is 10.3. The molecular weight excluding hydrogens is 469 g/mol. The van der Waals surface area contributed by atoms with Gasteiger partial charge >= 0.3 is 0 Å². The Kier molecular flexibility index (Phi) is 7.59. The second-order valence-corrected chi connectivity index (χ2v) is 10.2. The van der Waals surface area contributed by atoms with Gasteiger partial charge in [-0.25, -0.2) is 8.78 Å². The zero-order valence-corrected chi connectivity index (χ0v) is 19.3. The van der Waals surface area contributed by atoms with E-state index in [1.54, 1.807) is 25.1 Å². The highest BCUT2D eigenvalue weighted by molar-refractivity contribution is 14.1. The summed E-state index contributed by atoms with van der Waals surface area (Å²) >= 11 is 2.24. The summed E-state index contributed by atoms with van der Waals surface area (Å²) in [7, 11) is 0. The summed E-state index contributed by atoms with van der Waals surface area (Å²) in [5, 5.41) is 3.31. The maximum Gasteiger partial charge on any atom is 0.141 e. The molecule has 1 aromatic carbocycles. The molecule has 2 atom stereocenters. The summed E-state index contributed by atoms with van der Waals surface area (Å²) in [5.74, 6) is -0.371. The first-order valence-electron chi connectivity index (χ1n) is 9.43. The fraction of sp³-hybridized carbons (Fsp3) is 0.435. The summed E-state index contributed by atoms with van der Waals surface area (Å²) < 4.78 is 28.3. The third-order valence-electron chi connectivity index (χ3n) is 4.39. The van der Waals surface area contributed by atoms with E-state index in [1.165, 1.54) is 17.8 Å². The Morgan fingerprint density at radius 2 is 1.79 bits per heavy atom. The second-order valence-electron chi connectivity index (χ2n) is 8.70. The first-order valence-corrected chi connectivity index (χ1v) is 10.7. The topological polar surface area (TPSA) is 24.9 Å². The molecule has 1 heterocycles. The molecule has 0 saturated carbocycles. The largest absolute Gasteiger partial charge is 0.379 e. The van der Waals surface area contributed by atoms with Gasteiger partial charge in [-0.2, -0.15) is 0 Å². The van der Waals surface area contributed by atoms with Gasteiger partial charge in [-0.1, -0.05) is 73.2 Å². The highest BCUT2D eigenvalue weighted by Crippen LogP contribution is 2.33. The fourth-order valence-electron chi connectivity index (χ4n) is 3.17. The van der Waals surface area contributed by atoms with Gasteiger partial charge in [-0.3, -0.25) is 4.98 Å². The van der Waals surface area contributed by atoms with Crippen molar-refractivity contribution in [1.29, 1.82) is 0 Å². The average molecular weight is 498 g/mol. The lowest BCUT2D eigenvalue weighted by atomic mass is 9.89. The molecule has 2 rings (SSSR count). The van der Waals surface area contributed by atoms with E-state index in [4.69, 9.17) is 0 Å². The standard InChI is InChI=1S/C23H29F2IN2/c1-16(12-22(2,3)4)14-28-21(26)13-23(5,25)18-8-6-17(7-9-18)20-11-10-19(24)15-27-20/h6-11,14-15,21,28H,12-13H2,1-5H3/b16-14+. The molecule has 2 nitrogen and oxygen atoms in total. The molecule has 1 N–H and O–H groups in total. The van der Waals surface area contributed by atoms with Gasteiger partial charge in [0.05, 0.1) is 15.9 Å². The summed E-state index contributed by atoms with van der Waals surface area (Å²) in [5.41, 5.74) is 2.16. The normalized spacial score (nSPS) is 15.8. The van der Waals surface area contributed by atoms with Crippen molar-refractivity contribution in [2.75, 3.05) is 0 Å². The SMILES string of the molecule is C/C(=C\NC(I)CC(C)(F)c1ccc(-c2ccc(F)cn2)cc1)CC(C)(C)C. The zero-order chi connectivity index (χ0) is 20.9. The summed E-state index contributed by atoms with van der Waals surface area (Å²) in [6, 6.07) is 10.2. The molecule has 0 saturated heterocycles. The van der Waals surface area contributed by atoms with E-state index in [9.17, 15) is 4.39 Å². The minimum Gasteiger partial charge on any atom is -0.379 e. The first-order chi connectivity index (χ1) is 13.0. The van der Waals surface area contributed by atoms with Crippen LogP contribution in [0.4, 0.5) is 8.78 Å². The predicted molar refractivity (Wildman–Crippen MR) is 121 cm³/mol. The molecule has 2 aromatic rings. The van der Waals surface area contributed by atoms with Crippen molar-refractivity contribution >= 4 is 22.6 Å². The molecule has 152 valence electrons.